The van der Waals surface area contributed by atoms with E-state index < -0.39 is 0 Å². The van der Waals surface area contributed by atoms with E-state index in [1.807, 2.05) is 37.4 Å². The first-order valence-electron chi connectivity index (χ1n) is 9.32. The molecule has 1 N–H and O–H groups in total. The van der Waals surface area contributed by atoms with Crippen LogP contribution in [0.25, 0.3) is 11.5 Å². The van der Waals surface area contributed by atoms with Gasteiger partial charge in [-0.15, -0.1) is 5.10 Å². The van der Waals surface area contributed by atoms with Crippen LogP contribution in [0.2, 0.25) is 0 Å². The molecule has 4 rings (SSSR count). The number of nitrogens with one attached hydrogen (secondary N) is 1. The minimum Gasteiger partial charge on any atom is -0.444 e. The van der Waals surface area contributed by atoms with E-state index in [4.69, 9.17) is 4.42 Å². The van der Waals surface area contributed by atoms with E-state index in [0.717, 1.165) is 16.7 Å². The van der Waals surface area contributed by atoms with Gasteiger partial charge in [0.1, 0.15) is 12.0 Å². The fourth-order valence-electron chi connectivity index (χ4n) is 2.85. The second-order valence-electron chi connectivity index (χ2n) is 6.98. The average Bonchev–Trinajstić information content (AvgIpc) is 3.38. The van der Waals surface area contributed by atoms with Crippen LogP contribution in [0.4, 0.5) is 0 Å². The van der Waals surface area contributed by atoms with Crippen LogP contribution >= 0.6 is 0 Å². The molecule has 0 saturated carbocycles. The molecule has 0 radical (unpaired) electrons. The molecule has 0 unspecified atom stereocenters. The van der Waals surface area contributed by atoms with Gasteiger partial charge in [-0.2, -0.15) is 0 Å². The van der Waals surface area contributed by atoms with Crippen molar-refractivity contribution < 1.29 is 9.21 Å². The van der Waals surface area contributed by atoms with Crippen LogP contribution < -0.4 is 5.32 Å². The van der Waals surface area contributed by atoms with Gasteiger partial charge in [0, 0.05) is 5.56 Å². The largest absolute Gasteiger partial charge is 0.444 e. The Kier molecular flexibility index (Phi) is 5.20. The normalized spacial score (nSPS) is 10.8. The number of carbonyl (C=O) groups is 1. The molecule has 4 aromatic rings. The summed E-state index contributed by atoms with van der Waals surface area (Å²) in [5.74, 6) is 0.0967. The maximum atomic E-state index is 12.4. The van der Waals surface area contributed by atoms with Gasteiger partial charge >= 0.3 is 0 Å². The monoisotopic (exact) mass is 387 g/mol. The summed E-state index contributed by atoms with van der Waals surface area (Å²) in [5.41, 5.74) is 5.24. The molecule has 0 fully saturated rings. The van der Waals surface area contributed by atoms with Gasteiger partial charge < -0.3 is 9.73 Å². The Labute approximate surface area is 168 Å². The standard InChI is InChI=1S/C22H21N5O2/c1-15-3-7-17(8-4-15)12-27-13-19(25-26-27)11-23-21(28)20-14-29-22(24-20)18-9-5-16(2)6-10-18/h3-10,13-14H,11-12H2,1-2H3,(H,23,28). The second kappa shape index (κ2) is 8.10. The maximum Gasteiger partial charge on any atom is 0.273 e. The van der Waals surface area contributed by atoms with Crippen molar-refractivity contribution in [3.8, 4) is 11.5 Å². The van der Waals surface area contributed by atoms with E-state index >= 15 is 0 Å². The van der Waals surface area contributed by atoms with Gasteiger partial charge in [0.15, 0.2) is 5.69 Å². The van der Waals surface area contributed by atoms with Gasteiger partial charge in [0.05, 0.1) is 19.3 Å². The fraction of sp³-hybridized carbons (Fsp3) is 0.182. The first-order chi connectivity index (χ1) is 14.1. The Morgan fingerprint density at radius 1 is 1.03 bits per heavy atom. The van der Waals surface area contributed by atoms with Crippen LogP contribution in [-0.2, 0) is 13.1 Å². The van der Waals surface area contributed by atoms with Gasteiger partial charge in [-0.1, -0.05) is 52.7 Å². The summed E-state index contributed by atoms with van der Waals surface area (Å²) in [4.78, 5) is 16.6. The predicted octanol–water partition coefficient (Wildman–Crippen LogP) is 3.53. The third-order valence-electron chi connectivity index (χ3n) is 4.52. The summed E-state index contributed by atoms with van der Waals surface area (Å²) in [6, 6.07) is 16.0. The average molecular weight is 387 g/mol. The molecule has 29 heavy (non-hydrogen) atoms. The molecule has 1 amide bonds. The number of oxazole rings is 1. The first kappa shape index (κ1) is 18.6. The zero-order valence-electron chi connectivity index (χ0n) is 16.3. The summed E-state index contributed by atoms with van der Waals surface area (Å²) in [6.45, 7) is 4.96. The topological polar surface area (TPSA) is 85.8 Å². The molecule has 7 heteroatoms. The zero-order chi connectivity index (χ0) is 20.2. The van der Waals surface area contributed by atoms with Crippen LogP contribution in [0.1, 0.15) is 32.9 Å². The van der Waals surface area contributed by atoms with E-state index in [2.05, 4.69) is 51.8 Å². The van der Waals surface area contributed by atoms with Crippen molar-refractivity contribution in [2.24, 2.45) is 0 Å². The highest BCUT2D eigenvalue weighted by Crippen LogP contribution is 2.19. The maximum absolute atomic E-state index is 12.4. The molecule has 0 aliphatic carbocycles. The quantitative estimate of drug-likeness (QED) is 0.547. The molecule has 0 saturated heterocycles. The Morgan fingerprint density at radius 3 is 2.45 bits per heavy atom. The summed E-state index contributed by atoms with van der Waals surface area (Å²) < 4.78 is 7.19. The lowest BCUT2D eigenvalue weighted by atomic mass is 10.1. The second-order valence-corrected chi connectivity index (χ2v) is 6.98. The molecule has 0 bridgehead atoms. The Balaban J connectivity index is 1.34. The number of hydrogen-bond donors (Lipinski definition) is 1. The summed E-state index contributed by atoms with van der Waals surface area (Å²) in [5, 5.41) is 11.0. The third kappa shape index (κ3) is 4.57. The lowest BCUT2D eigenvalue weighted by Crippen LogP contribution is -2.23. The number of amides is 1. The van der Waals surface area contributed by atoms with Crippen molar-refractivity contribution in [1.29, 1.82) is 0 Å². The molecule has 0 spiro atoms. The number of benzene rings is 2. The van der Waals surface area contributed by atoms with Crippen LogP contribution in [0.15, 0.2) is 65.4 Å². The van der Waals surface area contributed by atoms with E-state index in [-0.39, 0.29) is 18.1 Å². The van der Waals surface area contributed by atoms with Crippen LogP contribution in [-0.4, -0.2) is 25.9 Å². The summed E-state index contributed by atoms with van der Waals surface area (Å²) in [6.07, 6.45) is 3.18. The lowest BCUT2D eigenvalue weighted by Gasteiger charge is -2.01. The fourth-order valence-corrected chi connectivity index (χ4v) is 2.85. The highest BCUT2D eigenvalue weighted by Gasteiger charge is 2.14. The van der Waals surface area contributed by atoms with Gasteiger partial charge in [0.2, 0.25) is 5.89 Å². The highest BCUT2D eigenvalue weighted by atomic mass is 16.3. The highest BCUT2D eigenvalue weighted by molar-refractivity contribution is 5.92. The summed E-state index contributed by atoms with van der Waals surface area (Å²) in [7, 11) is 0. The van der Waals surface area contributed by atoms with E-state index in [1.54, 1.807) is 4.68 Å². The molecule has 2 aromatic carbocycles. The molecule has 2 heterocycles. The zero-order valence-corrected chi connectivity index (χ0v) is 16.3. The van der Waals surface area contributed by atoms with Gasteiger partial charge in [0.25, 0.3) is 5.91 Å². The van der Waals surface area contributed by atoms with E-state index in [9.17, 15) is 4.79 Å². The first-order valence-corrected chi connectivity index (χ1v) is 9.32. The number of rotatable bonds is 6. The SMILES string of the molecule is Cc1ccc(Cn2cc(CNC(=O)c3coc(-c4ccc(C)cc4)n3)nn2)cc1. The smallest absolute Gasteiger partial charge is 0.273 e. The van der Waals surface area contributed by atoms with Crippen LogP contribution in [0.3, 0.4) is 0 Å². The molecule has 0 aliphatic rings. The van der Waals surface area contributed by atoms with E-state index in [0.29, 0.717) is 18.1 Å². The van der Waals surface area contributed by atoms with Crippen molar-refractivity contribution in [3.05, 3.63) is 89.1 Å². The van der Waals surface area contributed by atoms with Gasteiger partial charge in [-0.3, -0.25) is 4.79 Å². The van der Waals surface area contributed by atoms with Gasteiger partial charge in [-0.25, -0.2) is 9.67 Å². The Hall–Kier alpha value is -3.74. The number of aromatic nitrogens is 4. The van der Waals surface area contributed by atoms with Gasteiger partial charge in [-0.05, 0) is 31.5 Å². The minimum absolute atomic E-state index is 0.229. The number of carbonyl (C=O) groups excluding carboxylic acids is 1. The molecule has 2 aromatic heterocycles. The van der Waals surface area contributed by atoms with Crippen LogP contribution in [0.5, 0.6) is 0 Å². The molecular formula is C22H21N5O2. The number of hydrogen-bond acceptors (Lipinski definition) is 5. The molecular weight excluding hydrogens is 366 g/mol. The summed E-state index contributed by atoms with van der Waals surface area (Å²) >= 11 is 0. The molecule has 146 valence electrons. The molecule has 0 aliphatic heterocycles. The molecule has 7 nitrogen and oxygen atoms in total. The molecule has 0 atom stereocenters. The van der Waals surface area contributed by atoms with Crippen molar-refractivity contribution >= 4 is 5.91 Å². The predicted molar refractivity (Wildman–Crippen MR) is 108 cm³/mol. The Bertz CT molecular complexity index is 1110. The van der Waals surface area contributed by atoms with Crippen molar-refractivity contribution in [3.63, 3.8) is 0 Å². The van der Waals surface area contributed by atoms with Crippen LogP contribution in [0, 0.1) is 13.8 Å². The van der Waals surface area contributed by atoms with Crippen molar-refractivity contribution in [2.75, 3.05) is 0 Å². The third-order valence-corrected chi connectivity index (χ3v) is 4.52. The lowest BCUT2D eigenvalue weighted by molar-refractivity contribution is 0.0945. The van der Waals surface area contributed by atoms with Crippen molar-refractivity contribution in [2.45, 2.75) is 26.9 Å². The Morgan fingerprint density at radius 2 is 1.72 bits per heavy atom. The van der Waals surface area contributed by atoms with Crippen molar-refractivity contribution in [1.82, 2.24) is 25.3 Å². The number of aryl methyl sites for hydroxylation is 2. The minimum atomic E-state index is -0.319. The van der Waals surface area contributed by atoms with E-state index in [1.165, 1.54) is 11.8 Å². The number of nitrogens with zero attached hydrogens (tertiary/aromatic N) is 4.